The summed E-state index contributed by atoms with van der Waals surface area (Å²) < 4.78 is 13.2. The number of nitro benzene ring substituents is 1. The van der Waals surface area contributed by atoms with Gasteiger partial charge in [-0.25, -0.2) is 0 Å². The first-order chi connectivity index (χ1) is 9.47. The molecular formula is C13H15FN2O4. The van der Waals surface area contributed by atoms with Gasteiger partial charge in [0.2, 0.25) is 5.82 Å². The standard InChI is InChI=1S/C13H15FN2O4/c14-11-5-4-10(7-12(11)16(19)20)15-9-3-1-2-8(6-9)13(17)18/h4-5,7-9,15H,1-3,6H2,(H,17,18). The number of carboxylic acids is 1. The maximum Gasteiger partial charge on any atom is 0.306 e. The highest BCUT2D eigenvalue weighted by Gasteiger charge is 2.27. The zero-order chi connectivity index (χ0) is 14.7. The summed E-state index contributed by atoms with van der Waals surface area (Å²) in [4.78, 5) is 20.9. The Morgan fingerprint density at radius 3 is 2.85 bits per heavy atom. The minimum atomic E-state index is -0.882. The van der Waals surface area contributed by atoms with Gasteiger partial charge in [0.25, 0.3) is 0 Å². The van der Waals surface area contributed by atoms with Gasteiger partial charge in [0.05, 0.1) is 10.8 Å². The van der Waals surface area contributed by atoms with Crippen molar-refractivity contribution in [3.63, 3.8) is 0 Å². The molecular weight excluding hydrogens is 267 g/mol. The predicted octanol–water partition coefficient (Wildman–Crippen LogP) is 2.79. The molecule has 1 aromatic carbocycles. The maximum absolute atomic E-state index is 13.2. The molecule has 1 fully saturated rings. The van der Waals surface area contributed by atoms with Crippen LogP contribution >= 0.6 is 0 Å². The lowest BCUT2D eigenvalue weighted by atomic mass is 9.85. The molecule has 1 aliphatic rings. The van der Waals surface area contributed by atoms with Crippen LogP contribution in [0.4, 0.5) is 15.8 Å². The van der Waals surface area contributed by atoms with E-state index in [0.29, 0.717) is 18.5 Å². The number of rotatable bonds is 4. The molecule has 0 aromatic heterocycles. The summed E-state index contributed by atoms with van der Waals surface area (Å²) in [5.41, 5.74) is -0.144. The van der Waals surface area contributed by atoms with E-state index in [1.165, 1.54) is 6.07 Å². The van der Waals surface area contributed by atoms with E-state index in [1.54, 1.807) is 0 Å². The fraction of sp³-hybridized carbons (Fsp3) is 0.462. The largest absolute Gasteiger partial charge is 0.481 e. The Hall–Kier alpha value is -2.18. The predicted molar refractivity (Wildman–Crippen MR) is 70.1 cm³/mol. The van der Waals surface area contributed by atoms with E-state index in [1.807, 2.05) is 0 Å². The number of nitrogens with zero attached hydrogens (tertiary/aromatic N) is 1. The molecule has 0 saturated heterocycles. The summed E-state index contributed by atoms with van der Waals surface area (Å²) in [6.45, 7) is 0. The Morgan fingerprint density at radius 1 is 1.45 bits per heavy atom. The quantitative estimate of drug-likeness (QED) is 0.654. The molecule has 6 nitrogen and oxygen atoms in total. The molecule has 2 rings (SSSR count). The monoisotopic (exact) mass is 282 g/mol. The van der Waals surface area contributed by atoms with E-state index < -0.39 is 28.3 Å². The van der Waals surface area contributed by atoms with Gasteiger partial charge in [0.1, 0.15) is 0 Å². The molecule has 108 valence electrons. The molecule has 0 heterocycles. The van der Waals surface area contributed by atoms with E-state index in [2.05, 4.69) is 5.32 Å². The van der Waals surface area contributed by atoms with Gasteiger partial charge in [0, 0.05) is 17.8 Å². The fourth-order valence-electron chi connectivity index (χ4n) is 2.52. The van der Waals surface area contributed by atoms with Crippen LogP contribution in [-0.2, 0) is 4.79 Å². The number of carboxylic acid groups (broad SMARTS) is 1. The molecule has 0 aliphatic heterocycles. The van der Waals surface area contributed by atoms with Gasteiger partial charge in [-0.3, -0.25) is 14.9 Å². The molecule has 1 aliphatic carbocycles. The van der Waals surface area contributed by atoms with Gasteiger partial charge >= 0.3 is 11.7 Å². The molecule has 2 unspecified atom stereocenters. The summed E-state index contributed by atoms with van der Waals surface area (Å²) >= 11 is 0. The number of hydrogen-bond donors (Lipinski definition) is 2. The van der Waals surface area contributed by atoms with Crippen LogP contribution in [0, 0.1) is 21.8 Å². The number of nitro groups is 1. The van der Waals surface area contributed by atoms with Crippen LogP contribution < -0.4 is 5.32 Å². The molecule has 7 heteroatoms. The SMILES string of the molecule is O=C(O)C1CCCC(Nc2ccc(F)c([N+](=O)[O-])c2)C1. The number of hydrogen-bond acceptors (Lipinski definition) is 4. The fourth-order valence-corrected chi connectivity index (χ4v) is 2.52. The third-order valence-electron chi connectivity index (χ3n) is 3.54. The highest BCUT2D eigenvalue weighted by Crippen LogP contribution is 2.28. The van der Waals surface area contributed by atoms with Crippen molar-refractivity contribution < 1.29 is 19.2 Å². The third kappa shape index (κ3) is 3.23. The van der Waals surface area contributed by atoms with E-state index in [0.717, 1.165) is 25.0 Å². The van der Waals surface area contributed by atoms with E-state index in [-0.39, 0.29) is 6.04 Å². The van der Waals surface area contributed by atoms with Crippen molar-refractivity contribution in [1.29, 1.82) is 0 Å². The normalized spacial score (nSPS) is 22.2. The first-order valence-electron chi connectivity index (χ1n) is 6.40. The topological polar surface area (TPSA) is 92.5 Å². The van der Waals surface area contributed by atoms with Gasteiger partial charge in [0.15, 0.2) is 0 Å². The smallest absolute Gasteiger partial charge is 0.306 e. The lowest BCUT2D eigenvalue weighted by molar-refractivity contribution is -0.387. The minimum Gasteiger partial charge on any atom is -0.481 e. The number of aliphatic carboxylic acids is 1. The van der Waals surface area contributed by atoms with Crippen LogP contribution in [0.5, 0.6) is 0 Å². The number of benzene rings is 1. The van der Waals surface area contributed by atoms with Crippen molar-refractivity contribution >= 4 is 17.3 Å². The maximum atomic E-state index is 13.2. The molecule has 1 aromatic rings. The number of anilines is 1. The van der Waals surface area contributed by atoms with Gasteiger partial charge in [-0.15, -0.1) is 0 Å². The molecule has 20 heavy (non-hydrogen) atoms. The van der Waals surface area contributed by atoms with Crippen LogP contribution in [0.3, 0.4) is 0 Å². The zero-order valence-corrected chi connectivity index (χ0v) is 10.7. The second kappa shape index (κ2) is 5.85. The molecule has 2 N–H and O–H groups in total. The minimum absolute atomic E-state index is 0.0603. The second-order valence-electron chi connectivity index (χ2n) is 4.97. The van der Waals surface area contributed by atoms with Crippen LogP contribution in [-0.4, -0.2) is 22.0 Å². The Labute approximate surface area is 114 Å². The second-order valence-corrected chi connectivity index (χ2v) is 4.97. The average Bonchev–Trinajstić information content (AvgIpc) is 2.41. The van der Waals surface area contributed by atoms with E-state index in [4.69, 9.17) is 5.11 Å². The van der Waals surface area contributed by atoms with Crippen molar-refractivity contribution in [2.45, 2.75) is 31.7 Å². The zero-order valence-electron chi connectivity index (χ0n) is 10.7. The van der Waals surface area contributed by atoms with Crippen molar-refractivity contribution in [1.82, 2.24) is 0 Å². The first-order valence-corrected chi connectivity index (χ1v) is 6.40. The summed E-state index contributed by atoms with van der Waals surface area (Å²) in [6, 6.07) is 3.54. The first kappa shape index (κ1) is 14.2. The summed E-state index contributed by atoms with van der Waals surface area (Å²) in [5.74, 6) is -2.09. The van der Waals surface area contributed by atoms with Gasteiger partial charge < -0.3 is 10.4 Å². The lowest BCUT2D eigenvalue weighted by Crippen LogP contribution is -2.30. The molecule has 0 spiro atoms. The number of halogens is 1. The Morgan fingerprint density at radius 2 is 2.20 bits per heavy atom. The van der Waals surface area contributed by atoms with Crippen LogP contribution in [0.15, 0.2) is 18.2 Å². The van der Waals surface area contributed by atoms with Crippen molar-refractivity contribution in [2.75, 3.05) is 5.32 Å². The van der Waals surface area contributed by atoms with Crippen LogP contribution in [0.1, 0.15) is 25.7 Å². The van der Waals surface area contributed by atoms with Gasteiger partial charge in [-0.1, -0.05) is 6.42 Å². The third-order valence-corrected chi connectivity index (χ3v) is 3.54. The van der Waals surface area contributed by atoms with Gasteiger partial charge in [-0.2, -0.15) is 4.39 Å². The molecule has 0 amide bonds. The highest BCUT2D eigenvalue weighted by atomic mass is 19.1. The van der Waals surface area contributed by atoms with Crippen molar-refractivity contribution in [2.24, 2.45) is 5.92 Å². The molecule has 0 bridgehead atoms. The molecule has 1 saturated carbocycles. The summed E-state index contributed by atoms with van der Waals surface area (Å²) in [6.07, 6.45) is 2.71. The Balaban J connectivity index is 2.08. The summed E-state index contributed by atoms with van der Waals surface area (Å²) in [5, 5.41) is 22.7. The average molecular weight is 282 g/mol. The van der Waals surface area contributed by atoms with Crippen molar-refractivity contribution in [3.8, 4) is 0 Å². The Kier molecular flexibility index (Phi) is 4.16. The lowest BCUT2D eigenvalue weighted by Gasteiger charge is -2.28. The summed E-state index contributed by atoms with van der Waals surface area (Å²) in [7, 11) is 0. The van der Waals surface area contributed by atoms with Crippen LogP contribution in [0.25, 0.3) is 0 Å². The highest BCUT2D eigenvalue weighted by molar-refractivity contribution is 5.70. The molecule has 2 atom stereocenters. The van der Waals surface area contributed by atoms with Crippen molar-refractivity contribution in [3.05, 3.63) is 34.1 Å². The molecule has 0 radical (unpaired) electrons. The Bertz CT molecular complexity index is 535. The number of carbonyl (C=O) groups is 1. The van der Waals surface area contributed by atoms with Gasteiger partial charge in [-0.05, 0) is 31.4 Å². The van der Waals surface area contributed by atoms with E-state index >= 15 is 0 Å². The van der Waals surface area contributed by atoms with E-state index in [9.17, 15) is 19.3 Å². The number of nitrogens with one attached hydrogen (secondary N) is 1. The van der Waals surface area contributed by atoms with Crippen LogP contribution in [0.2, 0.25) is 0 Å².